The van der Waals surface area contributed by atoms with Gasteiger partial charge in [-0.15, -0.1) is 0 Å². The molecule has 0 aliphatic carbocycles. The lowest BCUT2D eigenvalue weighted by atomic mass is 10.1. The summed E-state index contributed by atoms with van der Waals surface area (Å²) in [6.45, 7) is 7.12. The highest BCUT2D eigenvalue weighted by Gasteiger charge is 2.10. The zero-order valence-electron chi connectivity index (χ0n) is 11.5. The molecular weight excluding hydrogens is 302 g/mol. The molecule has 0 unspecified atom stereocenters. The highest BCUT2D eigenvalue weighted by atomic mass is 79.9. The number of halogens is 1. The van der Waals surface area contributed by atoms with Gasteiger partial charge in [0, 0.05) is 27.8 Å². The van der Waals surface area contributed by atoms with Gasteiger partial charge in [0.25, 0.3) is 0 Å². The lowest BCUT2D eigenvalue weighted by Gasteiger charge is -2.13. The van der Waals surface area contributed by atoms with Gasteiger partial charge >= 0.3 is 0 Å². The van der Waals surface area contributed by atoms with Gasteiger partial charge in [0.05, 0.1) is 0 Å². The Morgan fingerprint density at radius 2 is 1.79 bits per heavy atom. The van der Waals surface area contributed by atoms with Gasteiger partial charge in [0.2, 0.25) is 0 Å². The number of hydrogen-bond donors (Lipinski definition) is 1. The molecule has 0 aliphatic rings. The third-order valence-corrected chi connectivity index (χ3v) is 3.54. The molecule has 0 saturated heterocycles. The van der Waals surface area contributed by atoms with E-state index in [1.807, 2.05) is 31.2 Å². The molecule has 0 radical (unpaired) electrons. The van der Waals surface area contributed by atoms with Crippen molar-refractivity contribution in [1.82, 2.24) is 9.97 Å². The molecule has 0 atom stereocenters. The first kappa shape index (κ1) is 14.0. The largest absolute Gasteiger partial charge is 0.370 e. The Morgan fingerprint density at radius 3 is 2.37 bits per heavy atom. The maximum atomic E-state index is 4.66. The van der Waals surface area contributed by atoms with E-state index in [-0.39, 0.29) is 0 Å². The van der Waals surface area contributed by atoms with Crippen molar-refractivity contribution >= 4 is 21.7 Å². The molecule has 100 valence electrons. The Balaban J connectivity index is 2.49. The van der Waals surface area contributed by atoms with E-state index in [0.717, 1.165) is 40.3 Å². The van der Waals surface area contributed by atoms with Gasteiger partial charge in [-0.25, -0.2) is 9.97 Å². The zero-order valence-corrected chi connectivity index (χ0v) is 13.1. The van der Waals surface area contributed by atoms with Crippen molar-refractivity contribution in [2.45, 2.75) is 27.2 Å². The Kier molecular flexibility index (Phi) is 4.53. The van der Waals surface area contributed by atoms with Crippen LogP contribution in [-0.2, 0) is 6.42 Å². The van der Waals surface area contributed by atoms with Gasteiger partial charge in [0.1, 0.15) is 5.82 Å². The summed E-state index contributed by atoms with van der Waals surface area (Å²) in [6, 6.07) is 8.07. The second-order valence-corrected chi connectivity index (χ2v) is 5.27. The van der Waals surface area contributed by atoms with Crippen LogP contribution in [0.15, 0.2) is 28.7 Å². The molecule has 1 aromatic carbocycles. The van der Waals surface area contributed by atoms with Crippen LogP contribution in [0.3, 0.4) is 0 Å². The second kappa shape index (κ2) is 6.15. The third-order valence-electron chi connectivity index (χ3n) is 3.01. The van der Waals surface area contributed by atoms with Crippen molar-refractivity contribution < 1.29 is 0 Å². The van der Waals surface area contributed by atoms with Gasteiger partial charge in [-0.2, -0.15) is 0 Å². The minimum Gasteiger partial charge on any atom is -0.370 e. The number of nitrogens with zero attached hydrogens (tertiary/aromatic N) is 2. The number of nitrogens with one attached hydrogen (secondary N) is 1. The summed E-state index contributed by atoms with van der Waals surface area (Å²) in [5.41, 5.74) is 3.28. The Hall–Kier alpha value is -1.42. The topological polar surface area (TPSA) is 37.8 Å². The number of hydrogen-bond acceptors (Lipinski definition) is 3. The number of benzene rings is 1. The van der Waals surface area contributed by atoms with Crippen LogP contribution < -0.4 is 5.32 Å². The summed E-state index contributed by atoms with van der Waals surface area (Å²) in [4.78, 5) is 9.28. The van der Waals surface area contributed by atoms with Gasteiger partial charge in [-0.3, -0.25) is 0 Å². The van der Waals surface area contributed by atoms with E-state index < -0.39 is 0 Å². The summed E-state index contributed by atoms with van der Waals surface area (Å²) >= 11 is 3.44. The Labute approximate surface area is 122 Å². The summed E-state index contributed by atoms with van der Waals surface area (Å²) in [5, 5.41) is 3.33. The summed E-state index contributed by atoms with van der Waals surface area (Å²) in [7, 11) is 0. The van der Waals surface area contributed by atoms with Crippen molar-refractivity contribution in [2.75, 3.05) is 11.9 Å². The number of aryl methyl sites for hydroxylation is 1. The average molecular weight is 320 g/mol. The average Bonchev–Trinajstić information content (AvgIpc) is 2.39. The van der Waals surface area contributed by atoms with E-state index in [1.165, 1.54) is 5.56 Å². The Morgan fingerprint density at radius 1 is 1.11 bits per heavy atom. The molecule has 3 nitrogen and oxygen atoms in total. The fourth-order valence-corrected chi connectivity index (χ4v) is 2.33. The van der Waals surface area contributed by atoms with Gasteiger partial charge in [0.15, 0.2) is 5.82 Å². The first-order valence-electron chi connectivity index (χ1n) is 6.53. The van der Waals surface area contributed by atoms with E-state index in [9.17, 15) is 0 Å². The molecule has 0 spiro atoms. The second-order valence-electron chi connectivity index (χ2n) is 4.35. The SMILES string of the molecule is CCNc1nc(-c2ccc(Br)cc2)nc(C)c1CC. The van der Waals surface area contributed by atoms with Crippen LogP contribution in [0.25, 0.3) is 11.4 Å². The summed E-state index contributed by atoms with van der Waals surface area (Å²) in [6.07, 6.45) is 0.939. The van der Waals surface area contributed by atoms with Crippen molar-refractivity contribution in [2.24, 2.45) is 0 Å². The standard InChI is InChI=1S/C15H18BrN3/c1-4-13-10(3)18-14(19-15(13)17-5-2)11-6-8-12(16)9-7-11/h6-9H,4-5H2,1-3H3,(H,17,18,19). The van der Waals surface area contributed by atoms with Crippen LogP contribution in [0, 0.1) is 6.92 Å². The Bertz CT molecular complexity index is 564. The molecule has 2 rings (SSSR count). The minimum atomic E-state index is 0.776. The number of anilines is 1. The summed E-state index contributed by atoms with van der Waals surface area (Å²) < 4.78 is 1.06. The van der Waals surface area contributed by atoms with E-state index in [2.05, 4.69) is 45.1 Å². The van der Waals surface area contributed by atoms with Gasteiger partial charge in [-0.05, 0) is 32.4 Å². The van der Waals surface area contributed by atoms with Crippen molar-refractivity contribution in [1.29, 1.82) is 0 Å². The molecule has 0 fully saturated rings. The number of aromatic nitrogens is 2. The van der Waals surface area contributed by atoms with Crippen LogP contribution in [0.2, 0.25) is 0 Å². The highest BCUT2D eigenvalue weighted by Crippen LogP contribution is 2.23. The smallest absolute Gasteiger partial charge is 0.161 e. The van der Waals surface area contributed by atoms with E-state index in [1.54, 1.807) is 0 Å². The third kappa shape index (κ3) is 3.13. The molecule has 2 aromatic rings. The fourth-order valence-electron chi connectivity index (χ4n) is 2.06. The maximum absolute atomic E-state index is 4.66. The van der Waals surface area contributed by atoms with E-state index >= 15 is 0 Å². The minimum absolute atomic E-state index is 0.776. The lowest BCUT2D eigenvalue weighted by molar-refractivity contribution is 0.989. The predicted molar refractivity (Wildman–Crippen MR) is 83.4 cm³/mol. The van der Waals surface area contributed by atoms with Crippen molar-refractivity contribution in [3.63, 3.8) is 0 Å². The fraction of sp³-hybridized carbons (Fsp3) is 0.333. The normalized spacial score (nSPS) is 10.5. The number of rotatable bonds is 4. The quantitative estimate of drug-likeness (QED) is 0.917. The molecule has 0 amide bonds. The van der Waals surface area contributed by atoms with E-state index in [4.69, 9.17) is 0 Å². The van der Waals surface area contributed by atoms with Gasteiger partial charge in [-0.1, -0.05) is 35.0 Å². The van der Waals surface area contributed by atoms with Crippen LogP contribution in [0.5, 0.6) is 0 Å². The summed E-state index contributed by atoms with van der Waals surface area (Å²) in [5.74, 6) is 1.73. The van der Waals surface area contributed by atoms with Crippen LogP contribution in [0.4, 0.5) is 5.82 Å². The molecule has 4 heteroatoms. The predicted octanol–water partition coefficient (Wildman–Crippen LogP) is 4.21. The molecule has 0 aliphatic heterocycles. The monoisotopic (exact) mass is 319 g/mol. The molecule has 1 N–H and O–H groups in total. The highest BCUT2D eigenvalue weighted by molar-refractivity contribution is 9.10. The van der Waals surface area contributed by atoms with Crippen LogP contribution in [0.1, 0.15) is 25.1 Å². The molecule has 0 saturated carbocycles. The van der Waals surface area contributed by atoms with Gasteiger partial charge < -0.3 is 5.32 Å². The van der Waals surface area contributed by atoms with Crippen molar-refractivity contribution in [3.05, 3.63) is 40.0 Å². The first-order valence-corrected chi connectivity index (χ1v) is 7.32. The van der Waals surface area contributed by atoms with Crippen LogP contribution >= 0.6 is 15.9 Å². The van der Waals surface area contributed by atoms with E-state index in [0.29, 0.717) is 0 Å². The van der Waals surface area contributed by atoms with Crippen molar-refractivity contribution in [3.8, 4) is 11.4 Å². The molecule has 0 bridgehead atoms. The molecule has 1 heterocycles. The van der Waals surface area contributed by atoms with Crippen LogP contribution in [-0.4, -0.2) is 16.5 Å². The zero-order chi connectivity index (χ0) is 13.8. The first-order chi connectivity index (χ1) is 9.15. The molecule has 19 heavy (non-hydrogen) atoms. The lowest BCUT2D eigenvalue weighted by Crippen LogP contribution is -2.07. The molecular formula is C15H18BrN3. The molecule has 1 aromatic heterocycles. The maximum Gasteiger partial charge on any atom is 0.161 e.